The molecule has 5 heteroatoms. The molecule has 13 rings (SSSR count). The van der Waals surface area contributed by atoms with E-state index in [0.717, 1.165) is 49.8 Å². The van der Waals surface area contributed by atoms with E-state index in [1.165, 1.54) is 58.0 Å². The molecule has 4 nitrogen and oxygen atoms in total. The second-order valence-corrected chi connectivity index (χ2v) is 17.0. The molecular formula is C57H34N4S. The molecule has 3 heterocycles. The maximum absolute atomic E-state index is 5.44. The largest absolute Gasteiger partial charge is 0.308 e. The zero-order valence-electron chi connectivity index (χ0n) is 33.3. The summed E-state index contributed by atoms with van der Waals surface area (Å²) < 4.78 is 4.98. The molecule has 0 N–H and O–H groups in total. The molecule has 0 spiro atoms. The van der Waals surface area contributed by atoms with Crippen molar-refractivity contribution >= 4 is 85.6 Å². The lowest BCUT2D eigenvalue weighted by atomic mass is 9.92. The number of thiophene rings is 1. The molecule has 0 amide bonds. The highest BCUT2D eigenvalue weighted by molar-refractivity contribution is 7.25. The first-order chi connectivity index (χ1) is 30.7. The standard InChI is InChI=1S/C57H34N4S/c1-3-15-35(16-4-1)47-34-50(61-49-32-39-21-8-7-20-38(39)31-48(49)46-30-27-36-17-9-10-22-41(36)54(46)61)42-23-11-12-25-45(42)53(47)57-59-55(37-18-5-2-6-19-37)58-56(60-57)40-28-29-44-43-24-13-14-26-51(43)62-52(44)33-40/h1-34H. The van der Waals surface area contributed by atoms with Crippen LogP contribution in [0.3, 0.4) is 0 Å². The van der Waals surface area contributed by atoms with Gasteiger partial charge < -0.3 is 4.57 Å². The summed E-state index contributed by atoms with van der Waals surface area (Å²) >= 11 is 1.80. The van der Waals surface area contributed by atoms with E-state index in [4.69, 9.17) is 15.0 Å². The molecule has 0 aliphatic rings. The number of benzene rings is 10. The van der Waals surface area contributed by atoms with Crippen molar-refractivity contribution in [1.82, 2.24) is 19.5 Å². The van der Waals surface area contributed by atoms with Gasteiger partial charge in [0.25, 0.3) is 0 Å². The molecular weight excluding hydrogens is 773 g/mol. The molecule has 10 aromatic carbocycles. The van der Waals surface area contributed by atoms with E-state index in [1.54, 1.807) is 11.3 Å². The average Bonchev–Trinajstić information content (AvgIpc) is 3.88. The fourth-order valence-corrected chi connectivity index (χ4v) is 10.7. The van der Waals surface area contributed by atoms with Crippen LogP contribution in [-0.4, -0.2) is 19.5 Å². The lowest BCUT2D eigenvalue weighted by molar-refractivity contribution is 1.08. The van der Waals surface area contributed by atoms with Gasteiger partial charge in [-0.15, -0.1) is 11.3 Å². The highest BCUT2D eigenvalue weighted by atomic mass is 32.1. The van der Waals surface area contributed by atoms with Gasteiger partial charge in [0.05, 0.1) is 16.7 Å². The van der Waals surface area contributed by atoms with Crippen LogP contribution in [0, 0.1) is 0 Å². The molecule has 0 saturated carbocycles. The van der Waals surface area contributed by atoms with Crippen LogP contribution < -0.4 is 0 Å². The second kappa shape index (κ2) is 13.8. The van der Waals surface area contributed by atoms with Crippen molar-refractivity contribution in [2.45, 2.75) is 0 Å². The highest BCUT2D eigenvalue weighted by Crippen LogP contribution is 2.45. The van der Waals surface area contributed by atoms with Crippen LogP contribution >= 0.6 is 11.3 Å². The van der Waals surface area contributed by atoms with Gasteiger partial charge in [0.15, 0.2) is 17.5 Å². The predicted octanol–water partition coefficient (Wildman–Crippen LogP) is 15.5. The number of aromatic nitrogens is 4. The minimum atomic E-state index is 0.630. The minimum Gasteiger partial charge on any atom is -0.308 e. The lowest BCUT2D eigenvalue weighted by Crippen LogP contribution is -2.03. The number of rotatable bonds is 5. The Morgan fingerprint density at radius 3 is 1.71 bits per heavy atom. The minimum absolute atomic E-state index is 0.630. The maximum Gasteiger partial charge on any atom is 0.165 e. The fraction of sp³-hybridized carbons (Fsp3) is 0. The first-order valence-electron chi connectivity index (χ1n) is 20.9. The average molecular weight is 807 g/mol. The third-order valence-corrected chi connectivity index (χ3v) is 13.5. The molecule has 0 unspecified atom stereocenters. The Labute approximate surface area is 360 Å². The molecule has 0 saturated heterocycles. The van der Waals surface area contributed by atoms with Crippen molar-refractivity contribution in [1.29, 1.82) is 0 Å². The molecule has 62 heavy (non-hydrogen) atoms. The van der Waals surface area contributed by atoms with E-state index in [-0.39, 0.29) is 0 Å². The molecule has 0 aliphatic heterocycles. The van der Waals surface area contributed by atoms with E-state index < -0.39 is 0 Å². The quantitative estimate of drug-likeness (QED) is 0.174. The van der Waals surface area contributed by atoms with Gasteiger partial charge in [-0.25, -0.2) is 15.0 Å². The zero-order chi connectivity index (χ0) is 40.7. The number of nitrogens with zero attached hydrogens (tertiary/aromatic N) is 4. The Hall–Kier alpha value is -7.99. The summed E-state index contributed by atoms with van der Waals surface area (Å²) in [4.78, 5) is 16.0. The number of fused-ring (bicyclic) bond motifs is 10. The second-order valence-electron chi connectivity index (χ2n) is 15.9. The van der Waals surface area contributed by atoms with Crippen molar-refractivity contribution < 1.29 is 0 Å². The van der Waals surface area contributed by atoms with Crippen LogP contribution in [0.25, 0.3) is 125 Å². The van der Waals surface area contributed by atoms with E-state index in [9.17, 15) is 0 Å². The molecule has 0 bridgehead atoms. The van der Waals surface area contributed by atoms with Crippen LogP contribution in [0.4, 0.5) is 0 Å². The Bertz CT molecular complexity index is 3920. The summed E-state index contributed by atoms with van der Waals surface area (Å²) in [5, 5.41) is 12.0. The van der Waals surface area contributed by atoms with Gasteiger partial charge in [0, 0.05) is 58.4 Å². The van der Waals surface area contributed by atoms with Crippen molar-refractivity contribution in [3.63, 3.8) is 0 Å². The van der Waals surface area contributed by atoms with Crippen LogP contribution in [-0.2, 0) is 0 Å². The van der Waals surface area contributed by atoms with Gasteiger partial charge in [-0.2, -0.15) is 0 Å². The topological polar surface area (TPSA) is 43.6 Å². The Kier molecular flexibility index (Phi) is 7.74. The summed E-state index contributed by atoms with van der Waals surface area (Å²) in [5.41, 5.74) is 8.45. The molecule has 0 atom stereocenters. The third-order valence-electron chi connectivity index (χ3n) is 12.4. The third kappa shape index (κ3) is 5.42. The van der Waals surface area contributed by atoms with E-state index in [1.807, 2.05) is 18.2 Å². The van der Waals surface area contributed by atoms with E-state index >= 15 is 0 Å². The van der Waals surface area contributed by atoms with E-state index in [0.29, 0.717) is 17.5 Å². The van der Waals surface area contributed by atoms with Crippen LogP contribution in [0.1, 0.15) is 0 Å². The zero-order valence-corrected chi connectivity index (χ0v) is 34.1. The molecule has 13 aromatic rings. The predicted molar refractivity (Wildman–Crippen MR) is 261 cm³/mol. The Morgan fingerprint density at radius 1 is 0.339 bits per heavy atom. The number of hydrogen-bond acceptors (Lipinski definition) is 4. The molecule has 0 aliphatic carbocycles. The summed E-state index contributed by atoms with van der Waals surface area (Å²) in [6.07, 6.45) is 0. The summed E-state index contributed by atoms with van der Waals surface area (Å²) in [6, 6.07) is 74.0. The molecule has 0 fully saturated rings. The molecule has 3 aromatic heterocycles. The van der Waals surface area contributed by atoms with Crippen LogP contribution in [0.5, 0.6) is 0 Å². The first-order valence-corrected chi connectivity index (χ1v) is 21.7. The van der Waals surface area contributed by atoms with Crippen molar-refractivity contribution in [3.05, 3.63) is 206 Å². The highest BCUT2D eigenvalue weighted by Gasteiger charge is 2.24. The van der Waals surface area contributed by atoms with Gasteiger partial charge >= 0.3 is 0 Å². The normalized spacial score (nSPS) is 11.9. The van der Waals surface area contributed by atoms with Crippen LogP contribution in [0.15, 0.2) is 206 Å². The van der Waals surface area contributed by atoms with Gasteiger partial charge in [-0.05, 0) is 63.0 Å². The Balaban J connectivity index is 1.14. The van der Waals surface area contributed by atoms with Gasteiger partial charge in [0.1, 0.15) is 0 Å². The van der Waals surface area contributed by atoms with Crippen molar-refractivity contribution in [3.8, 4) is 51.0 Å². The first kappa shape index (κ1) is 34.8. The van der Waals surface area contributed by atoms with E-state index in [2.05, 4.69) is 193 Å². The molecule has 0 radical (unpaired) electrons. The van der Waals surface area contributed by atoms with Crippen LogP contribution in [0.2, 0.25) is 0 Å². The summed E-state index contributed by atoms with van der Waals surface area (Å²) in [6.45, 7) is 0. The SMILES string of the molecule is c1ccc(-c2nc(-c3ccc4c(c3)sc3ccccc34)nc(-c3c(-c4ccccc4)cc(-n4c5cc6ccccc6cc5c5ccc6ccccc6c54)c4ccccc34)n2)cc1. The molecule has 288 valence electrons. The Morgan fingerprint density at radius 2 is 0.919 bits per heavy atom. The maximum atomic E-state index is 5.44. The van der Waals surface area contributed by atoms with Gasteiger partial charge in [0.2, 0.25) is 0 Å². The lowest BCUT2D eigenvalue weighted by Gasteiger charge is -2.20. The fourth-order valence-electron chi connectivity index (χ4n) is 9.54. The monoisotopic (exact) mass is 806 g/mol. The van der Waals surface area contributed by atoms with Crippen molar-refractivity contribution in [2.24, 2.45) is 0 Å². The van der Waals surface area contributed by atoms with Crippen molar-refractivity contribution in [2.75, 3.05) is 0 Å². The summed E-state index contributed by atoms with van der Waals surface area (Å²) in [5.74, 6) is 1.90. The van der Waals surface area contributed by atoms with Gasteiger partial charge in [-0.3, -0.25) is 0 Å². The number of hydrogen-bond donors (Lipinski definition) is 0. The smallest absolute Gasteiger partial charge is 0.165 e. The summed E-state index contributed by atoms with van der Waals surface area (Å²) in [7, 11) is 0. The van der Waals surface area contributed by atoms with Gasteiger partial charge in [-0.1, -0.05) is 176 Å².